The Balaban J connectivity index is 1.71. The van der Waals surface area contributed by atoms with E-state index in [0.29, 0.717) is 18.9 Å². The minimum atomic E-state index is -0.147. The van der Waals surface area contributed by atoms with Crippen molar-refractivity contribution in [3.05, 3.63) is 0 Å². The predicted octanol–water partition coefficient (Wildman–Crippen LogP) is 1.65. The molecule has 1 aliphatic carbocycles. The van der Waals surface area contributed by atoms with Gasteiger partial charge in [-0.05, 0) is 31.1 Å². The summed E-state index contributed by atoms with van der Waals surface area (Å²) < 4.78 is 0. The zero-order valence-corrected chi connectivity index (χ0v) is 11.8. The Bertz CT molecular complexity index is 382. The Morgan fingerprint density at radius 1 is 1.11 bits per heavy atom. The molecule has 0 aromatic carbocycles. The Kier molecular flexibility index (Phi) is 3.50. The van der Waals surface area contributed by atoms with Crippen LogP contribution in [-0.4, -0.2) is 47.3 Å². The van der Waals surface area contributed by atoms with Crippen molar-refractivity contribution < 1.29 is 9.59 Å². The van der Waals surface area contributed by atoms with Crippen LogP contribution in [0.15, 0.2) is 0 Å². The summed E-state index contributed by atoms with van der Waals surface area (Å²) in [5.41, 5.74) is 0. The van der Waals surface area contributed by atoms with E-state index in [1.165, 1.54) is 19.3 Å². The first-order chi connectivity index (χ1) is 9.16. The molecule has 4 nitrogen and oxygen atoms in total. The average molecular weight is 264 g/mol. The van der Waals surface area contributed by atoms with Gasteiger partial charge in [0.2, 0.25) is 11.8 Å². The highest BCUT2D eigenvalue weighted by Gasteiger charge is 2.40. The Morgan fingerprint density at radius 3 is 2.68 bits per heavy atom. The van der Waals surface area contributed by atoms with E-state index in [4.69, 9.17) is 0 Å². The minimum absolute atomic E-state index is 0.147. The third kappa shape index (κ3) is 2.37. The van der Waals surface area contributed by atoms with Crippen molar-refractivity contribution in [1.29, 1.82) is 0 Å². The lowest BCUT2D eigenvalue weighted by Crippen LogP contribution is -2.45. The topological polar surface area (TPSA) is 40.6 Å². The van der Waals surface area contributed by atoms with Gasteiger partial charge < -0.3 is 9.80 Å². The summed E-state index contributed by atoms with van der Waals surface area (Å²) in [5, 5.41) is 0. The van der Waals surface area contributed by atoms with Crippen molar-refractivity contribution in [1.82, 2.24) is 9.80 Å². The van der Waals surface area contributed by atoms with Gasteiger partial charge in [-0.15, -0.1) is 0 Å². The van der Waals surface area contributed by atoms with Crippen molar-refractivity contribution >= 4 is 11.8 Å². The van der Waals surface area contributed by atoms with Crippen LogP contribution < -0.4 is 0 Å². The fourth-order valence-electron chi connectivity index (χ4n) is 3.97. The molecule has 2 heterocycles. The average Bonchev–Trinajstić information content (AvgIpc) is 3.00. The van der Waals surface area contributed by atoms with Gasteiger partial charge in [-0.3, -0.25) is 9.59 Å². The summed E-state index contributed by atoms with van der Waals surface area (Å²) in [6, 6.07) is -0.147. The molecule has 2 saturated heterocycles. The van der Waals surface area contributed by atoms with Crippen LogP contribution in [-0.2, 0) is 9.59 Å². The molecule has 3 atom stereocenters. The molecule has 2 amide bonds. The van der Waals surface area contributed by atoms with Crippen LogP contribution in [0.1, 0.15) is 45.4 Å². The van der Waals surface area contributed by atoms with Crippen molar-refractivity contribution in [2.45, 2.75) is 51.5 Å². The molecular formula is C15H24N2O2. The fourth-order valence-corrected chi connectivity index (χ4v) is 3.97. The molecule has 3 unspecified atom stereocenters. The number of hydrogen-bond acceptors (Lipinski definition) is 2. The molecule has 0 bridgehead atoms. The molecule has 1 saturated carbocycles. The second-order valence-corrected chi connectivity index (χ2v) is 6.45. The van der Waals surface area contributed by atoms with E-state index in [0.717, 1.165) is 31.8 Å². The Morgan fingerprint density at radius 2 is 1.95 bits per heavy atom. The number of fused-ring (bicyclic) bond motifs is 1. The normalized spacial score (nSPS) is 35.7. The number of nitrogens with zero attached hydrogens (tertiary/aromatic N) is 2. The van der Waals surface area contributed by atoms with Gasteiger partial charge in [-0.25, -0.2) is 0 Å². The quantitative estimate of drug-likeness (QED) is 0.761. The molecule has 0 aromatic heterocycles. The zero-order valence-electron chi connectivity index (χ0n) is 11.8. The van der Waals surface area contributed by atoms with Gasteiger partial charge in [0.1, 0.15) is 6.04 Å². The third-order valence-corrected chi connectivity index (χ3v) is 5.26. The van der Waals surface area contributed by atoms with Gasteiger partial charge in [0.05, 0.1) is 0 Å². The predicted molar refractivity (Wildman–Crippen MR) is 72.4 cm³/mol. The molecule has 3 fully saturated rings. The van der Waals surface area contributed by atoms with Gasteiger partial charge in [-0.2, -0.15) is 0 Å². The number of carbonyl (C=O) groups is 2. The molecule has 0 spiro atoms. The summed E-state index contributed by atoms with van der Waals surface area (Å²) in [4.78, 5) is 28.4. The number of carbonyl (C=O) groups excluding carboxylic acids is 2. The van der Waals surface area contributed by atoms with Gasteiger partial charge in [-0.1, -0.05) is 19.8 Å². The standard InChI is InChI=1S/C15H24N2O2/c1-11-4-2-5-12(11)10-16-9-7-14(18)17-8-3-6-13(17)15(16)19/h11-13H,2-10H2,1H3. The minimum Gasteiger partial charge on any atom is -0.340 e. The lowest BCUT2D eigenvalue weighted by molar-refractivity contribution is -0.139. The summed E-state index contributed by atoms with van der Waals surface area (Å²) in [7, 11) is 0. The lowest BCUT2D eigenvalue weighted by atomic mass is 9.97. The number of rotatable bonds is 2. The van der Waals surface area contributed by atoms with Crippen LogP contribution >= 0.6 is 0 Å². The molecule has 0 radical (unpaired) electrons. The van der Waals surface area contributed by atoms with Crippen LogP contribution in [0.5, 0.6) is 0 Å². The maximum Gasteiger partial charge on any atom is 0.245 e. The van der Waals surface area contributed by atoms with E-state index >= 15 is 0 Å². The molecule has 0 N–H and O–H groups in total. The maximum atomic E-state index is 12.6. The van der Waals surface area contributed by atoms with E-state index in [2.05, 4.69) is 6.92 Å². The van der Waals surface area contributed by atoms with Gasteiger partial charge >= 0.3 is 0 Å². The zero-order chi connectivity index (χ0) is 13.4. The number of amides is 2. The molecule has 19 heavy (non-hydrogen) atoms. The molecule has 3 rings (SSSR count). The molecule has 2 aliphatic heterocycles. The third-order valence-electron chi connectivity index (χ3n) is 5.26. The summed E-state index contributed by atoms with van der Waals surface area (Å²) in [6.07, 6.45) is 6.19. The lowest BCUT2D eigenvalue weighted by Gasteiger charge is -2.28. The second-order valence-electron chi connectivity index (χ2n) is 6.45. The van der Waals surface area contributed by atoms with Crippen molar-refractivity contribution in [3.8, 4) is 0 Å². The van der Waals surface area contributed by atoms with Crippen LogP contribution in [0, 0.1) is 11.8 Å². The van der Waals surface area contributed by atoms with E-state index in [9.17, 15) is 9.59 Å². The van der Waals surface area contributed by atoms with Gasteiger partial charge in [0, 0.05) is 26.1 Å². The monoisotopic (exact) mass is 264 g/mol. The summed E-state index contributed by atoms with van der Waals surface area (Å²) in [5.74, 6) is 1.76. The first kappa shape index (κ1) is 12.9. The second kappa shape index (κ2) is 5.14. The van der Waals surface area contributed by atoms with E-state index < -0.39 is 0 Å². The summed E-state index contributed by atoms with van der Waals surface area (Å²) >= 11 is 0. The highest BCUT2D eigenvalue weighted by molar-refractivity contribution is 5.90. The first-order valence-corrected chi connectivity index (χ1v) is 7.75. The van der Waals surface area contributed by atoms with Crippen LogP contribution in [0.4, 0.5) is 0 Å². The van der Waals surface area contributed by atoms with E-state index in [1.54, 1.807) is 0 Å². The Labute approximate surface area is 115 Å². The highest BCUT2D eigenvalue weighted by Crippen LogP contribution is 2.33. The number of hydrogen-bond donors (Lipinski definition) is 0. The van der Waals surface area contributed by atoms with Crippen molar-refractivity contribution in [3.63, 3.8) is 0 Å². The summed E-state index contributed by atoms with van der Waals surface area (Å²) in [6.45, 7) is 4.58. The maximum absolute atomic E-state index is 12.6. The molecular weight excluding hydrogens is 240 g/mol. The van der Waals surface area contributed by atoms with E-state index in [1.807, 2.05) is 9.80 Å². The van der Waals surface area contributed by atoms with Crippen LogP contribution in [0.3, 0.4) is 0 Å². The van der Waals surface area contributed by atoms with Crippen molar-refractivity contribution in [2.24, 2.45) is 11.8 Å². The van der Waals surface area contributed by atoms with Crippen LogP contribution in [0.2, 0.25) is 0 Å². The molecule has 3 aliphatic rings. The smallest absolute Gasteiger partial charge is 0.245 e. The molecule has 4 heteroatoms. The fraction of sp³-hybridized carbons (Fsp3) is 0.867. The van der Waals surface area contributed by atoms with E-state index in [-0.39, 0.29) is 17.9 Å². The SMILES string of the molecule is CC1CCCC1CN1CCC(=O)N2CCCC2C1=O. The molecule has 106 valence electrons. The first-order valence-electron chi connectivity index (χ1n) is 7.75. The molecule has 0 aromatic rings. The van der Waals surface area contributed by atoms with Gasteiger partial charge in [0.15, 0.2) is 0 Å². The van der Waals surface area contributed by atoms with Crippen molar-refractivity contribution in [2.75, 3.05) is 19.6 Å². The highest BCUT2D eigenvalue weighted by atomic mass is 16.2. The van der Waals surface area contributed by atoms with Crippen LogP contribution in [0.25, 0.3) is 0 Å². The van der Waals surface area contributed by atoms with Gasteiger partial charge in [0.25, 0.3) is 0 Å². The largest absolute Gasteiger partial charge is 0.340 e. The Hall–Kier alpha value is -1.06.